The zero-order chi connectivity index (χ0) is 13.5. The van der Waals surface area contributed by atoms with E-state index in [0.717, 1.165) is 0 Å². The second-order valence-electron chi connectivity index (χ2n) is 5.34. The van der Waals surface area contributed by atoms with E-state index in [2.05, 4.69) is 34.9 Å². The van der Waals surface area contributed by atoms with Gasteiger partial charge in [0.2, 0.25) is 5.91 Å². The highest BCUT2D eigenvalue weighted by Crippen LogP contribution is 2.34. The molecule has 1 saturated carbocycles. The standard InChI is InChI=1S/C16H24N2O/c1-17-15(19)12-18-16(13-8-4-2-5-9-13)14-10-6-3-7-11-14/h2,4-5,8-9,14,16,18H,3,6-7,10-12H2,1H3,(H,17,19). The predicted octanol–water partition coefficient (Wildman–Crippen LogP) is 2.64. The first-order valence-corrected chi connectivity index (χ1v) is 7.30. The Balaban J connectivity index is 2.06. The number of rotatable bonds is 5. The summed E-state index contributed by atoms with van der Waals surface area (Å²) in [6.45, 7) is 0.395. The van der Waals surface area contributed by atoms with Crippen molar-refractivity contribution in [1.82, 2.24) is 10.6 Å². The minimum Gasteiger partial charge on any atom is -0.358 e. The lowest BCUT2D eigenvalue weighted by atomic mass is 9.81. The van der Waals surface area contributed by atoms with E-state index in [4.69, 9.17) is 0 Å². The lowest BCUT2D eigenvalue weighted by molar-refractivity contribution is -0.120. The molecule has 2 rings (SSSR count). The minimum atomic E-state index is 0.0525. The first-order valence-electron chi connectivity index (χ1n) is 7.30. The van der Waals surface area contributed by atoms with E-state index in [1.165, 1.54) is 37.7 Å². The first-order chi connectivity index (χ1) is 9.31. The third kappa shape index (κ3) is 4.06. The van der Waals surface area contributed by atoms with Crippen molar-refractivity contribution in [2.45, 2.75) is 38.1 Å². The summed E-state index contributed by atoms with van der Waals surface area (Å²) < 4.78 is 0. The van der Waals surface area contributed by atoms with Crippen molar-refractivity contribution in [2.24, 2.45) is 5.92 Å². The molecule has 1 fully saturated rings. The second-order valence-corrected chi connectivity index (χ2v) is 5.34. The molecule has 1 atom stereocenters. The molecule has 3 heteroatoms. The summed E-state index contributed by atoms with van der Waals surface area (Å²) in [5.41, 5.74) is 1.30. The van der Waals surface area contributed by atoms with Crippen LogP contribution in [-0.2, 0) is 4.79 Å². The molecule has 1 amide bonds. The lowest BCUT2D eigenvalue weighted by Crippen LogP contribution is -2.37. The number of carbonyl (C=O) groups is 1. The molecular formula is C16H24N2O. The van der Waals surface area contributed by atoms with E-state index in [9.17, 15) is 4.79 Å². The van der Waals surface area contributed by atoms with E-state index in [-0.39, 0.29) is 5.91 Å². The fourth-order valence-corrected chi connectivity index (χ4v) is 2.98. The van der Waals surface area contributed by atoms with Crippen LogP contribution in [0.5, 0.6) is 0 Å². The molecule has 1 aromatic rings. The Kier molecular flexibility index (Phi) is 5.40. The quantitative estimate of drug-likeness (QED) is 0.854. The van der Waals surface area contributed by atoms with Crippen molar-refractivity contribution >= 4 is 5.91 Å². The topological polar surface area (TPSA) is 41.1 Å². The lowest BCUT2D eigenvalue weighted by Gasteiger charge is -2.31. The molecule has 104 valence electrons. The van der Waals surface area contributed by atoms with E-state index >= 15 is 0 Å². The van der Waals surface area contributed by atoms with Crippen LogP contribution >= 0.6 is 0 Å². The average molecular weight is 260 g/mol. The van der Waals surface area contributed by atoms with Gasteiger partial charge >= 0.3 is 0 Å². The molecule has 0 spiro atoms. The van der Waals surface area contributed by atoms with Gasteiger partial charge in [0.15, 0.2) is 0 Å². The zero-order valence-corrected chi connectivity index (χ0v) is 11.7. The Bertz CT molecular complexity index is 385. The molecule has 1 aliphatic carbocycles. The van der Waals surface area contributed by atoms with E-state index in [1.807, 2.05) is 6.07 Å². The van der Waals surface area contributed by atoms with Gasteiger partial charge in [-0.15, -0.1) is 0 Å². The van der Waals surface area contributed by atoms with Gasteiger partial charge in [-0.1, -0.05) is 49.6 Å². The summed E-state index contributed by atoms with van der Waals surface area (Å²) in [7, 11) is 1.68. The van der Waals surface area contributed by atoms with Crippen LogP contribution in [0.15, 0.2) is 30.3 Å². The number of amides is 1. The molecule has 2 N–H and O–H groups in total. The third-order valence-corrected chi connectivity index (χ3v) is 4.04. The maximum Gasteiger partial charge on any atom is 0.233 e. The summed E-state index contributed by atoms with van der Waals surface area (Å²) in [6, 6.07) is 10.8. The maximum absolute atomic E-state index is 11.5. The Morgan fingerprint density at radius 1 is 1.21 bits per heavy atom. The molecule has 0 radical (unpaired) electrons. The van der Waals surface area contributed by atoms with Crippen molar-refractivity contribution < 1.29 is 4.79 Å². The summed E-state index contributed by atoms with van der Waals surface area (Å²) in [5.74, 6) is 0.706. The molecule has 1 unspecified atom stereocenters. The highest BCUT2D eigenvalue weighted by atomic mass is 16.1. The van der Waals surface area contributed by atoms with Crippen LogP contribution in [0.4, 0.5) is 0 Å². The molecule has 0 aromatic heterocycles. The van der Waals surface area contributed by atoms with Gasteiger partial charge in [-0.05, 0) is 24.3 Å². The largest absolute Gasteiger partial charge is 0.358 e. The van der Waals surface area contributed by atoms with Crippen LogP contribution in [0, 0.1) is 5.92 Å². The molecular weight excluding hydrogens is 236 g/mol. The van der Waals surface area contributed by atoms with Gasteiger partial charge in [-0.3, -0.25) is 4.79 Å². The molecule has 0 saturated heterocycles. The van der Waals surface area contributed by atoms with Gasteiger partial charge in [0.05, 0.1) is 6.54 Å². The van der Waals surface area contributed by atoms with Gasteiger partial charge in [0, 0.05) is 13.1 Å². The summed E-state index contributed by atoms with van der Waals surface area (Å²) in [6.07, 6.45) is 6.51. The Morgan fingerprint density at radius 3 is 2.53 bits per heavy atom. The fourth-order valence-electron chi connectivity index (χ4n) is 2.98. The molecule has 0 heterocycles. The summed E-state index contributed by atoms with van der Waals surface area (Å²) in [4.78, 5) is 11.5. The van der Waals surface area contributed by atoms with E-state index in [0.29, 0.717) is 18.5 Å². The Labute approximate surface area is 115 Å². The van der Waals surface area contributed by atoms with Crippen LogP contribution in [0.25, 0.3) is 0 Å². The predicted molar refractivity (Wildman–Crippen MR) is 77.8 cm³/mol. The molecule has 19 heavy (non-hydrogen) atoms. The first kappa shape index (κ1) is 14.1. The third-order valence-electron chi connectivity index (χ3n) is 4.04. The van der Waals surface area contributed by atoms with Crippen LogP contribution in [0.2, 0.25) is 0 Å². The highest BCUT2D eigenvalue weighted by Gasteiger charge is 2.24. The van der Waals surface area contributed by atoms with Gasteiger partial charge in [0.1, 0.15) is 0 Å². The number of carbonyl (C=O) groups excluding carboxylic acids is 1. The molecule has 0 bridgehead atoms. The van der Waals surface area contributed by atoms with Gasteiger partial charge in [0.25, 0.3) is 0 Å². The SMILES string of the molecule is CNC(=O)CNC(c1ccccc1)C1CCCCC1. The van der Waals surface area contributed by atoms with Crippen LogP contribution in [0.1, 0.15) is 43.7 Å². The Morgan fingerprint density at radius 2 is 1.89 bits per heavy atom. The van der Waals surface area contributed by atoms with Crippen molar-refractivity contribution in [3.8, 4) is 0 Å². The maximum atomic E-state index is 11.5. The van der Waals surface area contributed by atoms with E-state index < -0.39 is 0 Å². The van der Waals surface area contributed by atoms with Crippen LogP contribution in [-0.4, -0.2) is 19.5 Å². The van der Waals surface area contributed by atoms with Gasteiger partial charge < -0.3 is 10.6 Å². The minimum absolute atomic E-state index is 0.0525. The van der Waals surface area contributed by atoms with Gasteiger partial charge in [-0.2, -0.15) is 0 Å². The number of likely N-dealkylation sites (N-methyl/N-ethyl adjacent to an activating group) is 1. The molecule has 0 aliphatic heterocycles. The van der Waals surface area contributed by atoms with Crippen molar-refractivity contribution in [3.63, 3.8) is 0 Å². The number of hydrogen-bond donors (Lipinski definition) is 2. The monoisotopic (exact) mass is 260 g/mol. The average Bonchev–Trinajstić information content (AvgIpc) is 2.49. The Hall–Kier alpha value is -1.35. The fraction of sp³-hybridized carbons (Fsp3) is 0.562. The summed E-state index contributed by atoms with van der Waals surface area (Å²) >= 11 is 0. The molecule has 3 nitrogen and oxygen atoms in total. The normalized spacial score (nSPS) is 17.9. The molecule has 1 aromatic carbocycles. The number of nitrogens with one attached hydrogen (secondary N) is 2. The summed E-state index contributed by atoms with van der Waals surface area (Å²) in [5, 5.41) is 6.12. The van der Waals surface area contributed by atoms with Crippen molar-refractivity contribution in [1.29, 1.82) is 0 Å². The van der Waals surface area contributed by atoms with Gasteiger partial charge in [-0.25, -0.2) is 0 Å². The molecule has 1 aliphatic rings. The number of benzene rings is 1. The van der Waals surface area contributed by atoms with Crippen molar-refractivity contribution in [2.75, 3.05) is 13.6 Å². The number of hydrogen-bond acceptors (Lipinski definition) is 2. The highest BCUT2D eigenvalue weighted by molar-refractivity contribution is 5.77. The second kappa shape index (κ2) is 7.29. The zero-order valence-electron chi connectivity index (χ0n) is 11.7. The van der Waals surface area contributed by atoms with Crippen molar-refractivity contribution in [3.05, 3.63) is 35.9 Å². The van der Waals surface area contributed by atoms with Crippen LogP contribution < -0.4 is 10.6 Å². The van der Waals surface area contributed by atoms with Crippen LogP contribution in [0.3, 0.4) is 0 Å². The smallest absolute Gasteiger partial charge is 0.233 e. The van der Waals surface area contributed by atoms with E-state index in [1.54, 1.807) is 7.05 Å².